The maximum Gasteiger partial charge on any atom is -0.00837 e. The molecule has 3 rings (SSSR count). The van der Waals surface area contributed by atoms with Crippen molar-refractivity contribution in [2.24, 2.45) is 23.2 Å². The average Bonchev–Trinajstić information content (AvgIpc) is 2.75. The van der Waals surface area contributed by atoms with Crippen molar-refractivity contribution < 1.29 is 0 Å². The second kappa shape index (κ2) is 5.35. The normalized spacial score (nSPS) is 42.5. The van der Waals surface area contributed by atoms with Crippen LogP contribution in [0, 0.1) is 23.2 Å². The molecule has 4 unspecified atom stereocenters. The van der Waals surface area contributed by atoms with Gasteiger partial charge in [-0.25, -0.2) is 0 Å². The Kier molecular flexibility index (Phi) is 3.86. The van der Waals surface area contributed by atoms with Crippen LogP contribution >= 0.6 is 0 Å². The van der Waals surface area contributed by atoms with E-state index in [4.69, 9.17) is 0 Å². The van der Waals surface area contributed by atoms with Gasteiger partial charge < -0.3 is 0 Å². The summed E-state index contributed by atoms with van der Waals surface area (Å²) in [5.41, 5.74) is 5.76. The molecule has 0 amide bonds. The molecule has 1 fully saturated rings. The molecule has 0 aromatic heterocycles. The third kappa shape index (κ3) is 2.40. The van der Waals surface area contributed by atoms with Gasteiger partial charge in [-0.05, 0) is 81.5 Å². The molecule has 3 aliphatic carbocycles. The summed E-state index contributed by atoms with van der Waals surface area (Å²) in [6.45, 7) is 12.0. The highest BCUT2D eigenvalue weighted by molar-refractivity contribution is 5.28. The predicted molar refractivity (Wildman–Crippen MR) is 87.6 cm³/mol. The molecule has 0 spiro atoms. The van der Waals surface area contributed by atoms with Crippen molar-refractivity contribution in [3.05, 3.63) is 23.3 Å². The lowest BCUT2D eigenvalue weighted by Gasteiger charge is -2.41. The number of hydrogen-bond acceptors (Lipinski definition) is 0. The third-order valence-electron chi connectivity index (χ3n) is 6.86. The maximum atomic E-state index is 4.51. The van der Waals surface area contributed by atoms with E-state index in [9.17, 15) is 0 Å². The monoisotopic (exact) mass is 272 g/mol. The average molecular weight is 272 g/mol. The molecule has 4 atom stereocenters. The summed E-state index contributed by atoms with van der Waals surface area (Å²) in [5.74, 6) is 2.52. The van der Waals surface area contributed by atoms with E-state index in [-0.39, 0.29) is 0 Å². The lowest BCUT2D eigenvalue weighted by atomic mass is 9.63. The molecular formula is C20H32. The minimum absolute atomic E-state index is 0.584. The molecule has 0 heteroatoms. The Balaban J connectivity index is 1.95. The Hall–Kier alpha value is -0.520. The summed E-state index contributed by atoms with van der Waals surface area (Å²) in [6.07, 6.45) is 12.5. The first-order valence-electron chi connectivity index (χ1n) is 8.87. The van der Waals surface area contributed by atoms with Crippen molar-refractivity contribution in [2.75, 3.05) is 0 Å². The summed E-state index contributed by atoms with van der Waals surface area (Å²) < 4.78 is 0. The smallest absolute Gasteiger partial charge is 0.00837 e. The predicted octanol–water partition coefficient (Wildman–Crippen LogP) is 6.29. The van der Waals surface area contributed by atoms with E-state index in [1.165, 1.54) is 57.8 Å². The van der Waals surface area contributed by atoms with Crippen molar-refractivity contribution >= 4 is 0 Å². The second-order valence-electron chi connectivity index (χ2n) is 8.26. The van der Waals surface area contributed by atoms with Gasteiger partial charge in [0.1, 0.15) is 0 Å². The van der Waals surface area contributed by atoms with Crippen LogP contribution in [0.4, 0.5) is 0 Å². The van der Waals surface area contributed by atoms with Crippen LogP contribution in [-0.2, 0) is 0 Å². The summed E-state index contributed by atoms with van der Waals surface area (Å²) >= 11 is 0. The Morgan fingerprint density at radius 3 is 2.65 bits per heavy atom. The Bertz CT molecular complexity index is 427. The molecule has 0 nitrogen and oxygen atoms in total. The second-order valence-corrected chi connectivity index (χ2v) is 8.26. The van der Waals surface area contributed by atoms with E-state index >= 15 is 0 Å². The lowest BCUT2D eigenvalue weighted by molar-refractivity contribution is 0.201. The van der Waals surface area contributed by atoms with Crippen molar-refractivity contribution in [1.29, 1.82) is 0 Å². The fourth-order valence-electron chi connectivity index (χ4n) is 5.44. The van der Waals surface area contributed by atoms with Crippen LogP contribution in [0.3, 0.4) is 0 Å². The van der Waals surface area contributed by atoms with Gasteiger partial charge >= 0.3 is 0 Å². The van der Waals surface area contributed by atoms with E-state index in [1.54, 1.807) is 11.1 Å². The first-order chi connectivity index (χ1) is 9.51. The zero-order valence-electron chi connectivity index (χ0n) is 13.8. The highest BCUT2D eigenvalue weighted by Crippen LogP contribution is 2.59. The molecule has 0 heterocycles. The molecule has 0 aromatic rings. The van der Waals surface area contributed by atoms with E-state index in [0.29, 0.717) is 5.41 Å². The topological polar surface area (TPSA) is 0 Å². The number of allylic oxidation sites excluding steroid dienone is 3. The highest BCUT2D eigenvalue weighted by atomic mass is 14.5. The first kappa shape index (κ1) is 14.4. The van der Waals surface area contributed by atoms with E-state index < -0.39 is 0 Å². The van der Waals surface area contributed by atoms with Gasteiger partial charge in [0, 0.05) is 0 Å². The largest absolute Gasteiger partial charge is 0.0996 e. The minimum atomic E-state index is 0.584. The van der Waals surface area contributed by atoms with E-state index in [2.05, 4.69) is 27.4 Å². The van der Waals surface area contributed by atoms with E-state index in [0.717, 1.165) is 17.8 Å². The van der Waals surface area contributed by atoms with Crippen LogP contribution in [0.1, 0.15) is 78.6 Å². The van der Waals surface area contributed by atoms with Crippen molar-refractivity contribution in [2.45, 2.75) is 78.6 Å². The van der Waals surface area contributed by atoms with Crippen LogP contribution < -0.4 is 0 Å². The zero-order valence-corrected chi connectivity index (χ0v) is 13.8. The fraction of sp³-hybridized carbons (Fsp3) is 0.800. The summed E-state index contributed by atoms with van der Waals surface area (Å²) in [6, 6.07) is 0. The maximum absolute atomic E-state index is 4.51. The van der Waals surface area contributed by atoms with Crippen LogP contribution in [-0.4, -0.2) is 0 Å². The standard InChI is InChI=1S/C20H32/c1-14-6-5-7-15(2)18-11-13-20(4)12-10-17(9-8-14)16(3)19(18)20/h14,18-19H,2,5-13H2,1,3-4H3. The molecule has 20 heavy (non-hydrogen) atoms. The fourth-order valence-corrected chi connectivity index (χ4v) is 5.44. The number of hydrogen-bond donors (Lipinski definition) is 0. The quantitative estimate of drug-likeness (QED) is 0.455. The molecular weight excluding hydrogens is 240 g/mol. The molecule has 3 aliphatic rings. The molecule has 1 saturated carbocycles. The van der Waals surface area contributed by atoms with Crippen LogP contribution in [0.5, 0.6) is 0 Å². The minimum Gasteiger partial charge on any atom is -0.0996 e. The zero-order chi connectivity index (χ0) is 14.3. The van der Waals surface area contributed by atoms with Gasteiger partial charge in [0.2, 0.25) is 0 Å². The van der Waals surface area contributed by atoms with Gasteiger partial charge in [0.05, 0.1) is 0 Å². The highest BCUT2D eigenvalue weighted by Gasteiger charge is 2.48. The van der Waals surface area contributed by atoms with Crippen molar-refractivity contribution in [1.82, 2.24) is 0 Å². The molecule has 0 radical (unpaired) electrons. The molecule has 2 bridgehead atoms. The number of rotatable bonds is 0. The SMILES string of the molecule is C=C1CCCC(C)CCC2=C(C)C3C1CCC3(C)CC2. The van der Waals surface area contributed by atoms with Gasteiger partial charge in [-0.15, -0.1) is 0 Å². The molecule has 0 saturated heterocycles. The Morgan fingerprint density at radius 2 is 1.85 bits per heavy atom. The van der Waals surface area contributed by atoms with Crippen molar-refractivity contribution in [3.8, 4) is 0 Å². The summed E-state index contributed by atoms with van der Waals surface area (Å²) in [7, 11) is 0. The molecule has 112 valence electrons. The van der Waals surface area contributed by atoms with Crippen molar-refractivity contribution in [3.63, 3.8) is 0 Å². The molecule has 0 aromatic carbocycles. The van der Waals surface area contributed by atoms with Crippen LogP contribution in [0.25, 0.3) is 0 Å². The Morgan fingerprint density at radius 1 is 1.05 bits per heavy atom. The first-order valence-corrected chi connectivity index (χ1v) is 8.87. The molecule has 0 aliphatic heterocycles. The Labute approximate surface area is 125 Å². The summed E-state index contributed by atoms with van der Waals surface area (Å²) in [5, 5.41) is 0. The molecule has 0 N–H and O–H groups in total. The third-order valence-corrected chi connectivity index (χ3v) is 6.86. The van der Waals surface area contributed by atoms with Crippen LogP contribution in [0.2, 0.25) is 0 Å². The summed E-state index contributed by atoms with van der Waals surface area (Å²) in [4.78, 5) is 0. The van der Waals surface area contributed by atoms with Gasteiger partial charge in [-0.3, -0.25) is 0 Å². The van der Waals surface area contributed by atoms with E-state index in [1.807, 2.05) is 5.57 Å². The van der Waals surface area contributed by atoms with Crippen LogP contribution in [0.15, 0.2) is 23.3 Å². The van der Waals surface area contributed by atoms with Gasteiger partial charge in [-0.1, -0.05) is 43.6 Å². The van der Waals surface area contributed by atoms with Gasteiger partial charge in [0.25, 0.3) is 0 Å². The lowest BCUT2D eigenvalue weighted by Crippen LogP contribution is -2.31. The van der Waals surface area contributed by atoms with Gasteiger partial charge in [-0.2, -0.15) is 0 Å². The van der Waals surface area contributed by atoms with Gasteiger partial charge in [0.15, 0.2) is 0 Å².